The van der Waals surface area contributed by atoms with E-state index < -0.39 is 23.8 Å². The average molecular weight is 286 g/mol. The van der Waals surface area contributed by atoms with Crippen LogP contribution in [0.1, 0.15) is 43.4 Å². The Labute approximate surface area is 115 Å². The normalized spacial score (nSPS) is 25.6. The Bertz CT molecular complexity index is 479. The first-order valence-corrected chi connectivity index (χ1v) is 6.67. The number of hydrogen-bond donors (Lipinski definition) is 1. The highest BCUT2D eigenvalue weighted by Gasteiger charge is 2.34. The summed E-state index contributed by atoms with van der Waals surface area (Å²) in [6, 6.07) is 4.38. The topological polar surface area (TPSA) is 37.3 Å². The lowest BCUT2D eigenvalue weighted by molar-refractivity contribution is -0.137. The van der Waals surface area contributed by atoms with Crippen LogP contribution in [0.3, 0.4) is 0 Å². The van der Waals surface area contributed by atoms with E-state index in [1.165, 1.54) is 12.1 Å². The van der Waals surface area contributed by atoms with Crippen molar-refractivity contribution in [1.29, 1.82) is 0 Å². The molecule has 3 atom stereocenters. The van der Waals surface area contributed by atoms with E-state index in [-0.39, 0.29) is 5.78 Å². The van der Waals surface area contributed by atoms with Crippen molar-refractivity contribution in [2.24, 2.45) is 11.8 Å². The molecule has 0 aliphatic heterocycles. The second-order valence-electron chi connectivity index (χ2n) is 5.52. The maximum Gasteiger partial charge on any atom is 0.416 e. The van der Waals surface area contributed by atoms with Crippen molar-refractivity contribution in [2.45, 2.75) is 38.5 Å². The van der Waals surface area contributed by atoms with E-state index in [1.54, 1.807) is 0 Å². The minimum atomic E-state index is -4.39. The van der Waals surface area contributed by atoms with E-state index >= 15 is 0 Å². The van der Waals surface area contributed by atoms with Crippen LogP contribution in [0, 0.1) is 11.8 Å². The molecule has 0 amide bonds. The number of hydrogen-bond acceptors (Lipinski definition) is 2. The molecule has 110 valence electrons. The summed E-state index contributed by atoms with van der Waals surface area (Å²) in [6.07, 6.45) is -3.58. The number of ketones is 1. The molecule has 0 bridgehead atoms. The standard InChI is InChI=1S/C15H17F3O2/c1-9-2-7-13(19)12(8-9)14(20)10-3-5-11(6-4-10)15(16,17)18/h3-6,9,12,14,20H,2,7-8H2,1H3/t9-,12-,14+/m0/s1. The zero-order valence-corrected chi connectivity index (χ0v) is 11.2. The summed E-state index contributed by atoms with van der Waals surface area (Å²) in [4.78, 5) is 11.8. The number of alkyl halides is 3. The Balaban J connectivity index is 2.16. The number of rotatable bonds is 2. The lowest BCUT2D eigenvalue weighted by Crippen LogP contribution is -2.29. The smallest absolute Gasteiger partial charge is 0.388 e. The van der Waals surface area contributed by atoms with E-state index in [0.717, 1.165) is 18.6 Å². The van der Waals surface area contributed by atoms with Crippen molar-refractivity contribution in [3.8, 4) is 0 Å². The van der Waals surface area contributed by atoms with Crippen molar-refractivity contribution < 1.29 is 23.1 Å². The molecule has 0 spiro atoms. The lowest BCUT2D eigenvalue weighted by atomic mass is 9.77. The number of benzene rings is 1. The van der Waals surface area contributed by atoms with Gasteiger partial charge in [0.2, 0.25) is 0 Å². The molecule has 1 saturated carbocycles. The third-order valence-corrected chi connectivity index (χ3v) is 3.91. The lowest BCUT2D eigenvalue weighted by Gasteiger charge is -2.29. The third kappa shape index (κ3) is 3.20. The number of aliphatic hydroxyl groups excluding tert-OH is 1. The Morgan fingerprint density at radius 3 is 2.40 bits per heavy atom. The summed E-state index contributed by atoms with van der Waals surface area (Å²) in [7, 11) is 0. The quantitative estimate of drug-likeness (QED) is 0.899. The Hall–Kier alpha value is -1.36. The van der Waals surface area contributed by atoms with Crippen molar-refractivity contribution in [3.05, 3.63) is 35.4 Å². The van der Waals surface area contributed by atoms with Crippen LogP contribution in [-0.2, 0) is 11.0 Å². The molecule has 1 aliphatic rings. The monoisotopic (exact) mass is 286 g/mol. The predicted molar refractivity (Wildman–Crippen MR) is 67.9 cm³/mol. The van der Waals surface area contributed by atoms with Gasteiger partial charge < -0.3 is 5.11 Å². The Morgan fingerprint density at radius 2 is 1.85 bits per heavy atom. The molecule has 0 aromatic heterocycles. The molecular formula is C15H17F3O2. The number of carbonyl (C=O) groups excluding carboxylic acids is 1. The van der Waals surface area contributed by atoms with Gasteiger partial charge in [0, 0.05) is 12.3 Å². The first-order chi connectivity index (χ1) is 9.29. The molecule has 0 unspecified atom stereocenters. The molecule has 1 aromatic rings. The van der Waals surface area contributed by atoms with Crippen LogP contribution in [0.25, 0.3) is 0 Å². The molecule has 2 rings (SSSR count). The molecule has 1 N–H and O–H groups in total. The zero-order valence-electron chi connectivity index (χ0n) is 11.2. The fraction of sp³-hybridized carbons (Fsp3) is 0.533. The minimum absolute atomic E-state index is 0.00417. The Morgan fingerprint density at radius 1 is 1.25 bits per heavy atom. The summed E-state index contributed by atoms with van der Waals surface area (Å²) < 4.78 is 37.4. The zero-order chi connectivity index (χ0) is 14.9. The van der Waals surface area contributed by atoms with E-state index in [1.807, 2.05) is 6.92 Å². The molecule has 0 saturated heterocycles. The second kappa shape index (κ2) is 5.56. The van der Waals surface area contributed by atoms with Crippen LogP contribution in [0.5, 0.6) is 0 Å². The van der Waals surface area contributed by atoms with Gasteiger partial charge in [-0.2, -0.15) is 13.2 Å². The number of carbonyl (C=O) groups is 1. The fourth-order valence-corrected chi connectivity index (χ4v) is 2.66. The highest BCUT2D eigenvalue weighted by Crippen LogP contribution is 2.36. The third-order valence-electron chi connectivity index (χ3n) is 3.91. The highest BCUT2D eigenvalue weighted by molar-refractivity contribution is 5.82. The van der Waals surface area contributed by atoms with Crippen molar-refractivity contribution in [1.82, 2.24) is 0 Å². The van der Waals surface area contributed by atoms with Gasteiger partial charge in [0.25, 0.3) is 0 Å². The van der Waals surface area contributed by atoms with Crippen LogP contribution >= 0.6 is 0 Å². The van der Waals surface area contributed by atoms with Gasteiger partial charge in [-0.15, -0.1) is 0 Å². The van der Waals surface area contributed by atoms with Gasteiger partial charge in [0.15, 0.2) is 0 Å². The van der Waals surface area contributed by atoms with Gasteiger partial charge in [0.1, 0.15) is 5.78 Å². The van der Waals surface area contributed by atoms with Gasteiger partial charge in [-0.3, -0.25) is 4.79 Å². The molecule has 1 aliphatic carbocycles. The van der Waals surface area contributed by atoms with Crippen LogP contribution in [0.2, 0.25) is 0 Å². The first kappa shape index (κ1) is 15.0. The Kier molecular flexibility index (Phi) is 4.18. The van der Waals surface area contributed by atoms with Gasteiger partial charge in [0.05, 0.1) is 11.7 Å². The van der Waals surface area contributed by atoms with E-state index in [2.05, 4.69) is 0 Å². The van der Waals surface area contributed by atoms with Crippen LogP contribution < -0.4 is 0 Å². The second-order valence-corrected chi connectivity index (χ2v) is 5.52. The summed E-state index contributed by atoms with van der Waals surface area (Å²) in [5.74, 6) is -0.159. The molecule has 0 radical (unpaired) electrons. The largest absolute Gasteiger partial charge is 0.416 e. The SMILES string of the molecule is C[C@H]1CCC(=O)[C@@H]([C@H](O)c2ccc(C(F)(F)F)cc2)C1. The van der Waals surface area contributed by atoms with Crippen LogP contribution in [0.4, 0.5) is 13.2 Å². The summed E-state index contributed by atoms with van der Waals surface area (Å²) in [6.45, 7) is 2.01. The minimum Gasteiger partial charge on any atom is -0.388 e. The van der Waals surface area contributed by atoms with E-state index in [0.29, 0.717) is 24.3 Å². The number of halogens is 3. The van der Waals surface area contributed by atoms with Crippen molar-refractivity contribution in [3.63, 3.8) is 0 Å². The van der Waals surface area contributed by atoms with Crippen LogP contribution in [0.15, 0.2) is 24.3 Å². The first-order valence-electron chi connectivity index (χ1n) is 6.67. The van der Waals surface area contributed by atoms with Gasteiger partial charge >= 0.3 is 6.18 Å². The maximum atomic E-state index is 12.5. The van der Waals surface area contributed by atoms with Crippen molar-refractivity contribution in [2.75, 3.05) is 0 Å². The molecule has 2 nitrogen and oxygen atoms in total. The van der Waals surface area contributed by atoms with Crippen molar-refractivity contribution >= 4 is 5.78 Å². The summed E-state index contributed by atoms with van der Waals surface area (Å²) in [5, 5.41) is 10.2. The molecule has 1 aromatic carbocycles. The van der Waals surface area contributed by atoms with E-state index in [4.69, 9.17) is 0 Å². The fourth-order valence-electron chi connectivity index (χ4n) is 2.66. The van der Waals surface area contributed by atoms with E-state index in [9.17, 15) is 23.1 Å². The molecule has 20 heavy (non-hydrogen) atoms. The average Bonchev–Trinajstić information content (AvgIpc) is 2.40. The molecular weight excluding hydrogens is 269 g/mol. The summed E-state index contributed by atoms with van der Waals surface area (Å²) in [5.41, 5.74) is -0.387. The predicted octanol–water partition coefficient (Wildman–Crippen LogP) is 3.74. The molecule has 0 heterocycles. The van der Waals surface area contributed by atoms with Gasteiger partial charge in [-0.25, -0.2) is 0 Å². The highest BCUT2D eigenvalue weighted by atomic mass is 19.4. The van der Waals surface area contributed by atoms with Crippen LogP contribution in [-0.4, -0.2) is 10.9 Å². The maximum absolute atomic E-state index is 12.5. The van der Waals surface area contributed by atoms with Gasteiger partial charge in [-0.1, -0.05) is 19.1 Å². The van der Waals surface area contributed by atoms with Gasteiger partial charge in [-0.05, 0) is 36.5 Å². The summed E-state index contributed by atoms with van der Waals surface area (Å²) >= 11 is 0. The molecule has 5 heteroatoms. The molecule has 1 fully saturated rings. The number of aliphatic hydroxyl groups is 1. The number of Topliss-reactive ketones (excluding diaryl/α,β-unsaturated/α-hetero) is 1.